The molecule has 0 aromatic rings. The van der Waals surface area contributed by atoms with E-state index in [1.54, 1.807) is 27.7 Å². The fourth-order valence-electron chi connectivity index (χ4n) is 3.47. The standard InChI is InChI=1S/C16H25F2NO4/c1-5-22-12(20)15-8-6-7-11(16(15,17)18)9-19(10-15)13(21)23-14(2,3)4/h11H,5-10H2,1-4H3. The number of nitrogens with zero attached hydrogens (tertiary/aromatic N) is 1. The van der Waals surface area contributed by atoms with Gasteiger partial charge in [-0.2, -0.15) is 0 Å². The highest BCUT2D eigenvalue weighted by Gasteiger charge is 2.68. The Labute approximate surface area is 135 Å². The molecule has 2 bridgehead atoms. The molecule has 7 heteroatoms. The third-order valence-corrected chi connectivity index (χ3v) is 4.53. The fourth-order valence-corrected chi connectivity index (χ4v) is 3.47. The van der Waals surface area contributed by atoms with Crippen LogP contribution in [-0.2, 0) is 14.3 Å². The number of halogens is 2. The first kappa shape index (κ1) is 17.9. The topological polar surface area (TPSA) is 55.8 Å². The highest BCUT2D eigenvalue weighted by atomic mass is 19.3. The molecular formula is C16H25F2NO4. The number of piperidine rings is 1. The van der Waals surface area contributed by atoms with Gasteiger partial charge in [-0.3, -0.25) is 4.79 Å². The van der Waals surface area contributed by atoms with Gasteiger partial charge in [-0.1, -0.05) is 6.42 Å². The number of ether oxygens (including phenoxy) is 2. The number of carbonyl (C=O) groups is 2. The second-order valence-corrected chi connectivity index (χ2v) is 7.38. The SMILES string of the molecule is CCOC(=O)C12CCCC(CN(C(=O)OC(C)(C)C)C1)C2(F)F. The van der Waals surface area contributed by atoms with E-state index >= 15 is 0 Å². The van der Waals surface area contributed by atoms with Crippen molar-refractivity contribution in [3.05, 3.63) is 0 Å². The maximum Gasteiger partial charge on any atom is 0.410 e. The van der Waals surface area contributed by atoms with Gasteiger partial charge in [0.25, 0.3) is 5.92 Å². The minimum Gasteiger partial charge on any atom is -0.465 e. The average molecular weight is 333 g/mol. The summed E-state index contributed by atoms with van der Waals surface area (Å²) in [5, 5.41) is 0. The molecule has 0 aromatic heterocycles. The number of alkyl halides is 2. The van der Waals surface area contributed by atoms with E-state index < -0.39 is 34.9 Å². The molecule has 5 nitrogen and oxygen atoms in total. The Balaban J connectivity index is 2.30. The Morgan fingerprint density at radius 2 is 1.96 bits per heavy atom. The van der Waals surface area contributed by atoms with Crippen LogP contribution in [0.3, 0.4) is 0 Å². The van der Waals surface area contributed by atoms with Crippen molar-refractivity contribution in [3.8, 4) is 0 Å². The number of carbonyl (C=O) groups excluding carboxylic acids is 2. The highest BCUT2D eigenvalue weighted by Crippen LogP contribution is 2.55. The lowest BCUT2D eigenvalue weighted by Crippen LogP contribution is -2.67. The van der Waals surface area contributed by atoms with Crippen molar-refractivity contribution >= 4 is 12.1 Å². The zero-order valence-electron chi connectivity index (χ0n) is 14.2. The van der Waals surface area contributed by atoms with Crippen LogP contribution in [0.25, 0.3) is 0 Å². The molecule has 2 rings (SSSR count). The second kappa shape index (κ2) is 5.91. The van der Waals surface area contributed by atoms with Crippen LogP contribution < -0.4 is 0 Å². The summed E-state index contributed by atoms with van der Waals surface area (Å²) in [5.41, 5.74) is -2.68. The smallest absolute Gasteiger partial charge is 0.410 e. The molecule has 2 atom stereocenters. The third-order valence-electron chi connectivity index (χ3n) is 4.53. The molecule has 23 heavy (non-hydrogen) atoms. The number of rotatable bonds is 2. The largest absolute Gasteiger partial charge is 0.465 e. The third kappa shape index (κ3) is 3.15. The Morgan fingerprint density at radius 3 is 2.52 bits per heavy atom. The minimum atomic E-state index is -3.17. The van der Waals surface area contributed by atoms with Crippen molar-refractivity contribution in [1.82, 2.24) is 4.90 Å². The number of amides is 1. The molecule has 1 saturated carbocycles. The Bertz CT molecular complexity index is 489. The molecule has 132 valence electrons. The number of hydrogen-bond acceptors (Lipinski definition) is 4. The monoisotopic (exact) mass is 333 g/mol. The van der Waals surface area contributed by atoms with Gasteiger partial charge >= 0.3 is 12.1 Å². The van der Waals surface area contributed by atoms with Crippen molar-refractivity contribution in [2.45, 2.75) is 58.5 Å². The molecule has 2 fully saturated rings. The van der Waals surface area contributed by atoms with Gasteiger partial charge in [0, 0.05) is 19.0 Å². The second-order valence-electron chi connectivity index (χ2n) is 7.38. The van der Waals surface area contributed by atoms with E-state index in [0.717, 1.165) is 0 Å². The van der Waals surface area contributed by atoms with E-state index in [9.17, 15) is 18.4 Å². The van der Waals surface area contributed by atoms with Gasteiger partial charge in [-0.05, 0) is 40.5 Å². The molecule has 1 aliphatic carbocycles. The summed E-state index contributed by atoms with van der Waals surface area (Å²) in [7, 11) is 0. The molecule has 0 N–H and O–H groups in total. The lowest BCUT2D eigenvalue weighted by atomic mass is 9.63. The van der Waals surface area contributed by atoms with Crippen LogP contribution in [0.15, 0.2) is 0 Å². The van der Waals surface area contributed by atoms with E-state index in [1.165, 1.54) is 4.90 Å². The van der Waals surface area contributed by atoms with Gasteiger partial charge in [0.15, 0.2) is 0 Å². The molecule has 1 saturated heterocycles. The summed E-state index contributed by atoms with van der Waals surface area (Å²) in [4.78, 5) is 25.8. The Morgan fingerprint density at radius 1 is 1.30 bits per heavy atom. The van der Waals surface area contributed by atoms with Crippen LogP contribution in [-0.4, -0.2) is 48.2 Å². The van der Waals surface area contributed by atoms with Crippen LogP contribution in [0.5, 0.6) is 0 Å². The quantitative estimate of drug-likeness (QED) is 0.728. The molecule has 2 unspecified atom stereocenters. The van der Waals surface area contributed by atoms with E-state index in [2.05, 4.69) is 0 Å². The molecular weight excluding hydrogens is 308 g/mol. The van der Waals surface area contributed by atoms with Crippen LogP contribution in [0.4, 0.5) is 13.6 Å². The minimum absolute atomic E-state index is 0.0225. The zero-order chi connectivity index (χ0) is 17.5. The summed E-state index contributed by atoms with van der Waals surface area (Å²) in [5.74, 6) is -5.12. The summed E-state index contributed by atoms with van der Waals surface area (Å²) < 4.78 is 39.9. The van der Waals surface area contributed by atoms with Crippen molar-refractivity contribution in [3.63, 3.8) is 0 Å². The van der Waals surface area contributed by atoms with E-state index in [0.29, 0.717) is 6.42 Å². The first-order valence-electron chi connectivity index (χ1n) is 8.06. The van der Waals surface area contributed by atoms with Crippen LogP contribution in [0, 0.1) is 11.3 Å². The molecule has 2 aliphatic rings. The maximum absolute atomic E-state index is 14.8. The molecule has 0 aromatic carbocycles. The number of hydrogen-bond donors (Lipinski definition) is 0. The maximum atomic E-state index is 14.8. The van der Waals surface area contributed by atoms with Crippen LogP contribution in [0.2, 0.25) is 0 Å². The van der Waals surface area contributed by atoms with Gasteiger partial charge in [0.05, 0.1) is 6.61 Å². The highest BCUT2D eigenvalue weighted by molar-refractivity contribution is 5.80. The first-order valence-corrected chi connectivity index (χ1v) is 8.06. The van der Waals surface area contributed by atoms with Crippen molar-refractivity contribution < 1.29 is 27.8 Å². The predicted molar refractivity (Wildman–Crippen MR) is 79.2 cm³/mol. The normalized spacial score (nSPS) is 29.8. The van der Waals surface area contributed by atoms with Crippen molar-refractivity contribution in [2.75, 3.05) is 19.7 Å². The molecule has 0 radical (unpaired) electrons. The number of esters is 1. The fraction of sp³-hybridized carbons (Fsp3) is 0.875. The van der Waals surface area contributed by atoms with Crippen molar-refractivity contribution in [2.24, 2.45) is 11.3 Å². The molecule has 0 spiro atoms. The van der Waals surface area contributed by atoms with E-state index in [-0.39, 0.29) is 32.5 Å². The predicted octanol–water partition coefficient (Wildman–Crippen LogP) is 3.22. The van der Waals surface area contributed by atoms with Crippen molar-refractivity contribution in [1.29, 1.82) is 0 Å². The average Bonchev–Trinajstić information content (AvgIpc) is 2.35. The number of fused-ring (bicyclic) bond motifs is 2. The summed E-state index contributed by atoms with van der Waals surface area (Å²) in [6.07, 6.45) is 0.178. The van der Waals surface area contributed by atoms with Crippen LogP contribution in [0.1, 0.15) is 47.0 Å². The summed E-state index contributed by atoms with van der Waals surface area (Å²) >= 11 is 0. The van der Waals surface area contributed by atoms with Gasteiger partial charge in [0.2, 0.25) is 0 Å². The summed E-state index contributed by atoms with van der Waals surface area (Å²) in [6, 6.07) is 0. The van der Waals surface area contributed by atoms with Crippen LogP contribution >= 0.6 is 0 Å². The Hall–Kier alpha value is -1.40. The van der Waals surface area contributed by atoms with E-state index in [1.807, 2.05) is 0 Å². The molecule has 1 heterocycles. The number of likely N-dealkylation sites (tertiary alicyclic amines) is 1. The van der Waals surface area contributed by atoms with Gasteiger partial charge in [-0.25, -0.2) is 13.6 Å². The zero-order valence-corrected chi connectivity index (χ0v) is 14.2. The first-order chi connectivity index (χ1) is 10.5. The lowest BCUT2D eigenvalue weighted by molar-refractivity contribution is -0.234. The molecule has 1 amide bonds. The van der Waals surface area contributed by atoms with Gasteiger partial charge in [-0.15, -0.1) is 0 Å². The van der Waals surface area contributed by atoms with Gasteiger partial charge < -0.3 is 14.4 Å². The van der Waals surface area contributed by atoms with Gasteiger partial charge in [0.1, 0.15) is 11.0 Å². The Kier molecular flexibility index (Phi) is 4.61. The molecule has 1 aliphatic heterocycles. The summed E-state index contributed by atoms with van der Waals surface area (Å²) in [6.45, 7) is 6.31. The lowest BCUT2D eigenvalue weighted by Gasteiger charge is -2.52. The van der Waals surface area contributed by atoms with E-state index in [4.69, 9.17) is 9.47 Å².